The normalized spacial score (nSPS) is 12.0. The van der Waals surface area contributed by atoms with Gasteiger partial charge in [-0.3, -0.25) is 0 Å². The highest BCUT2D eigenvalue weighted by Gasteiger charge is 2.21. The zero-order valence-electron chi connectivity index (χ0n) is 24.4. The molecule has 10 aromatic rings. The Morgan fingerprint density at radius 1 is 0.244 bits per heavy atom. The number of hydrogen-bond acceptors (Lipinski definition) is 0. The number of para-hydroxylation sites is 5. The van der Waals surface area contributed by atoms with Crippen molar-refractivity contribution in [2.75, 3.05) is 0 Å². The fourth-order valence-electron chi connectivity index (χ4n) is 7.60. The summed E-state index contributed by atoms with van der Waals surface area (Å²) in [6.07, 6.45) is 0. The van der Waals surface area contributed by atoms with Crippen LogP contribution in [0.1, 0.15) is 0 Å². The molecule has 0 spiro atoms. The molecular formula is C42H27N3. The van der Waals surface area contributed by atoms with Gasteiger partial charge in [0, 0.05) is 49.4 Å². The van der Waals surface area contributed by atoms with Crippen LogP contribution in [0.2, 0.25) is 0 Å². The molecule has 0 N–H and O–H groups in total. The van der Waals surface area contributed by atoms with Crippen molar-refractivity contribution >= 4 is 65.4 Å². The van der Waals surface area contributed by atoms with E-state index >= 15 is 0 Å². The molecule has 0 aliphatic rings. The predicted molar refractivity (Wildman–Crippen MR) is 189 cm³/mol. The molecule has 7 aromatic carbocycles. The number of benzene rings is 7. The number of rotatable bonds is 3. The van der Waals surface area contributed by atoms with Crippen molar-refractivity contribution in [3.8, 4) is 17.1 Å². The van der Waals surface area contributed by atoms with E-state index in [9.17, 15) is 0 Å². The minimum Gasteiger partial charge on any atom is -0.309 e. The highest BCUT2D eigenvalue weighted by molar-refractivity contribution is 6.29. The van der Waals surface area contributed by atoms with E-state index in [2.05, 4.69) is 177 Å². The van der Waals surface area contributed by atoms with Gasteiger partial charge in [-0.05, 0) is 66.7 Å². The molecule has 0 radical (unpaired) electrons. The average molecular weight is 574 g/mol. The summed E-state index contributed by atoms with van der Waals surface area (Å²) in [7, 11) is 0. The monoisotopic (exact) mass is 573 g/mol. The quantitative estimate of drug-likeness (QED) is 0.200. The van der Waals surface area contributed by atoms with Crippen molar-refractivity contribution in [3.05, 3.63) is 164 Å². The Morgan fingerprint density at radius 2 is 0.644 bits per heavy atom. The number of aromatic nitrogens is 3. The molecule has 0 aliphatic carbocycles. The van der Waals surface area contributed by atoms with Gasteiger partial charge in [0.1, 0.15) is 0 Å². The number of fused-ring (bicyclic) bond motifs is 10. The van der Waals surface area contributed by atoms with Crippen molar-refractivity contribution in [2.24, 2.45) is 0 Å². The van der Waals surface area contributed by atoms with Crippen molar-refractivity contribution in [3.63, 3.8) is 0 Å². The summed E-state index contributed by atoms with van der Waals surface area (Å²) in [4.78, 5) is 0. The molecule has 3 nitrogen and oxygen atoms in total. The molecule has 0 amide bonds. The van der Waals surface area contributed by atoms with Gasteiger partial charge in [0.25, 0.3) is 0 Å². The first kappa shape index (κ1) is 24.4. The molecule has 3 heteroatoms. The lowest BCUT2D eigenvalue weighted by Crippen LogP contribution is -1.97. The number of nitrogens with zero attached hydrogens (tertiary/aromatic N) is 3. The van der Waals surface area contributed by atoms with Gasteiger partial charge in [0.15, 0.2) is 0 Å². The number of hydrogen-bond donors (Lipinski definition) is 0. The minimum atomic E-state index is 1.15. The molecule has 3 aromatic heterocycles. The SMILES string of the molecule is c1ccc(-n2c3ccccc3c3ccc(-n4c5ccccc5c5c6c7ccccc7n(-c7ccccc7)c6ccc54)cc32)cc1. The maximum absolute atomic E-state index is 2.45. The highest BCUT2D eigenvalue weighted by atomic mass is 15.0. The first-order valence-electron chi connectivity index (χ1n) is 15.5. The summed E-state index contributed by atoms with van der Waals surface area (Å²) in [6.45, 7) is 0. The molecular weight excluding hydrogens is 546 g/mol. The summed E-state index contributed by atoms with van der Waals surface area (Å²) in [5.74, 6) is 0. The van der Waals surface area contributed by atoms with Crippen LogP contribution >= 0.6 is 0 Å². The minimum absolute atomic E-state index is 1.15. The third-order valence-corrected chi connectivity index (χ3v) is 9.42. The summed E-state index contributed by atoms with van der Waals surface area (Å²) in [5, 5.41) is 7.63. The maximum Gasteiger partial charge on any atom is 0.0561 e. The van der Waals surface area contributed by atoms with E-state index in [1.54, 1.807) is 0 Å². The van der Waals surface area contributed by atoms with Gasteiger partial charge in [-0.2, -0.15) is 0 Å². The van der Waals surface area contributed by atoms with Crippen LogP contribution in [0.4, 0.5) is 0 Å². The second-order valence-electron chi connectivity index (χ2n) is 11.8. The summed E-state index contributed by atoms with van der Waals surface area (Å²) < 4.78 is 7.25. The molecule has 10 rings (SSSR count). The first-order valence-corrected chi connectivity index (χ1v) is 15.5. The highest BCUT2D eigenvalue weighted by Crippen LogP contribution is 2.43. The molecule has 0 atom stereocenters. The summed E-state index contributed by atoms with van der Waals surface area (Å²) >= 11 is 0. The Kier molecular flexibility index (Phi) is 5.00. The molecule has 0 fully saturated rings. The fraction of sp³-hybridized carbons (Fsp3) is 0. The Bertz CT molecular complexity index is 2740. The van der Waals surface area contributed by atoms with Crippen LogP contribution in [0.25, 0.3) is 82.5 Å². The van der Waals surface area contributed by atoms with Crippen LogP contribution in [0, 0.1) is 0 Å². The zero-order chi connectivity index (χ0) is 29.5. The van der Waals surface area contributed by atoms with Crippen LogP contribution in [-0.2, 0) is 0 Å². The summed E-state index contributed by atoms with van der Waals surface area (Å²) in [5.41, 5.74) is 10.8. The van der Waals surface area contributed by atoms with Crippen LogP contribution in [0.15, 0.2) is 164 Å². The second-order valence-corrected chi connectivity index (χ2v) is 11.8. The van der Waals surface area contributed by atoms with E-state index in [0.717, 1.165) is 5.69 Å². The second kappa shape index (κ2) is 9.22. The van der Waals surface area contributed by atoms with Gasteiger partial charge in [0.05, 0.1) is 33.1 Å². The van der Waals surface area contributed by atoms with E-state index in [4.69, 9.17) is 0 Å². The van der Waals surface area contributed by atoms with E-state index in [-0.39, 0.29) is 0 Å². The van der Waals surface area contributed by atoms with Gasteiger partial charge in [-0.25, -0.2) is 0 Å². The molecule has 3 heterocycles. The largest absolute Gasteiger partial charge is 0.309 e. The Balaban J connectivity index is 1.34. The maximum atomic E-state index is 2.45. The van der Waals surface area contributed by atoms with Crippen LogP contribution < -0.4 is 0 Å². The van der Waals surface area contributed by atoms with Crippen LogP contribution in [0.3, 0.4) is 0 Å². The fourth-order valence-corrected chi connectivity index (χ4v) is 7.60. The molecule has 0 aliphatic heterocycles. The van der Waals surface area contributed by atoms with Gasteiger partial charge >= 0.3 is 0 Å². The smallest absolute Gasteiger partial charge is 0.0561 e. The van der Waals surface area contributed by atoms with Crippen LogP contribution in [-0.4, -0.2) is 13.7 Å². The van der Waals surface area contributed by atoms with Crippen molar-refractivity contribution in [1.29, 1.82) is 0 Å². The lowest BCUT2D eigenvalue weighted by Gasteiger charge is -2.11. The van der Waals surface area contributed by atoms with Crippen molar-refractivity contribution in [2.45, 2.75) is 0 Å². The Hall–Kier alpha value is -6.06. The zero-order valence-corrected chi connectivity index (χ0v) is 24.4. The molecule has 0 saturated carbocycles. The Morgan fingerprint density at radius 3 is 1.20 bits per heavy atom. The topological polar surface area (TPSA) is 14.8 Å². The van der Waals surface area contributed by atoms with E-state index in [1.165, 1.54) is 76.8 Å². The molecule has 45 heavy (non-hydrogen) atoms. The van der Waals surface area contributed by atoms with E-state index in [0.29, 0.717) is 0 Å². The van der Waals surface area contributed by atoms with Gasteiger partial charge in [-0.15, -0.1) is 0 Å². The van der Waals surface area contributed by atoms with Crippen molar-refractivity contribution in [1.82, 2.24) is 13.7 Å². The van der Waals surface area contributed by atoms with Gasteiger partial charge in [-0.1, -0.05) is 97.1 Å². The standard InChI is InChI=1S/C42H27N3/c1-3-13-28(14-4-1)43-36-21-11-8-18-33(36)41-38(43)25-26-39-42(41)34-19-9-12-22-37(34)45(39)30-23-24-32-31-17-7-10-20-35(31)44(40(32)27-30)29-15-5-2-6-16-29/h1-27H. The lowest BCUT2D eigenvalue weighted by atomic mass is 10.1. The molecule has 0 bridgehead atoms. The third kappa shape index (κ3) is 3.35. The summed E-state index contributed by atoms with van der Waals surface area (Å²) in [6, 6.07) is 59.4. The third-order valence-electron chi connectivity index (χ3n) is 9.42. The molecule has 0 unspecified atom stereocenters. The van der Waals surface area contributed by atoms with E-state index in [1.807, 2.05) is 0 Å². The van der Waals surface area contributed by atoms with Gasteiger partial charge < -0.3 is 13.7 Å². The van der Waals surface area contributed by atoms with Crippen LogP contribution in [0.5, 0.6) is 0 Å². The first-order chi connectivity index (χ1) is 22.4. The Labute approximate surface area is 259 Å². The average Bonchev–Trinajstić information content (AvgIpc) is 3.74. The lowest BCUT2D eigenvalue weighted by molar-refractivity contribution is 1.15. The predicted octanol–water partition coefficient (Wildman–Crippen LogP) is 11.0. The van der Waals surface area contributed by atoms with Gasteiger partial charge in [0.2, 0.25) is 0 Å². The molecule has 0 saturated heterocycles. The van der Waals surface area contributed by atoms with E-state index < -0.39 is 0 Å². The molecule has 210 valence electrons. The van der Waals surface area contributed by atoms with Crippen molar-refractivity contribution < 1.29 is 0 Å².